The molecule has 0 saturated carbocycles. The van der Waals surface area contributed by atoms with Crippen molar-refractivity contribution in [3.05, 3.63) is 150 Å². The first kappa shape index (κ1) is 56.5. The average Bonchev–Trinajstić information content (AvgIpc) is 4.24. The maximum Gasteiger partial charge on any atom is 0.338 e. The highest BCUT2D eigenvalue weighted by Gasteiger charge is 2.09. The van der Waals surface area contributed by atoms with E-state index in [9.17, 15) is 24.0 Å². The van der Waals surface area contributed by atoms with Gasteiger partial charge in [-0.05, 0) is 39.3 Å². The predicted octanol–water partition coefficient (Wildman–Crippen LogP) is 5.45. The van der Waals surface area contributed by atoms with Gasteiger partial charge in [0.2, 0.25) is 0 Å². The van der Waals surface area contributed by atoms with E-state index in [0.717, 1.165) is 38.9 Å². The number of rotatable bonds is 8. The fourth-order valence-corrected chi connectivity index (χ4v) is 4.92. The van der Waals surface area contributed by atoms with Crippen molar-refractivity contribution in [1.82, 2.24) is 97.3 Å². The van der Waals surface area contributed by atoms with Crippen LogP contribution in [0.4, 0.5) is 24.0 Å². The molecule has 0 bridgehead atoms. The summed E-state index contributed by atoms with van der Waals surface area (Å²) in [5.74, 6) is 0. The van der Waals surface area contributed by atoms with Crippen molar-refractivity contribution < 1.29 is 24.0 Å². The summed E-state index contributed by atoms with van der Waals surface area (Å²) in [5, 5.41) is 5.74. The van der Waals surface area contributed by atoms with Gasteiger partial charge in [0.1, 0.15) is 44.3 Å². The van der Waals surface area contributed by atoms with Crippen molar-refractivity contribution in [2.45, 2.75) is 53.4 Å². The molecule has 8 aromatic rings. The van der Waals surface area contributed by atoms with E-state index in [1.165, 1.54) is 82.7 Å². The van der Waals surface area contributed by atoms with Gasteiger partial charge in [-0.1, -0.05) is 27.7 Å². The van der Waals surface area contributed by atoms with Crippen LogP contribution in [0.3, 0.4) is 0 Å². The van der Waals surface area contributed by atoms with Crippen molar-refractivity contribution in [3.8, 4) is 0 Å². The van der Waals surface area contributed by atoms with E-state index < -0.39 is 0 Å². The average molecular weight is 953 g/mol. The van der Waals surface area contributed by atoms with Crippen LogP contribution in [0.2, 0.25) is 0 Å². The number of nitrogens with zero attached hydrogens (tertiary/aromatic N) is 17. The van der Waals surface area contributed by atoms with E-state index in [-0.39, 0.29) is 30.2 Å². The smallest absolute Gasteiger partial charge is 0.338 e. The summed E-state index contributed by atoms with van der Waals surface area (Å²) in [5.41, 5.74) is 0. The van der Waals surface area contributed by atoms with Crippen LogP contribution in [-0.2, 0) is 0 Å². The second kappa shape index (κ2) is 34.7. The van der Waals surface area contributed by atoms with E-state index in [1.54, 1.807) is 129 Å². The lowest BCUT2D eigenvalue weighted by Gasteiger charge is -2.15. The maximum atomic E-state index is 11.4. The van der Waals surface area contributed by atoms with Crippen molar-refractivity contribution in [1.29, 1.82) is 0 Å². The Morgan fingerprint density at radius 1 is 0.449 bits per heavy atom. The predicted molar refractivity (Wildman–Crippen MR) is 257 cm³/mol. The van der Waals surface area contributed by atoms with Gasteiger partial charge in [0.15, 0.2) is 0 Å². The molecule has 8 heterocycles. The highest BCUT2D eigenvalue weighted by Crippen LogP contribution is 1.96. The lowest BCUT2D eigenvalue weighted by molar-refractivity contribution is 0.210. The van der Waals surface area contributed by atoms with Gasteiger partial charge < -0.3 is 25.4 Å². The molecular formula is C44H64N20O5. The zero-order chi connectivity index (χ0) is 50.5. The van der Waals surface area contributed by atoms with Crippen LogP contribution in [-0.4, -0.2) is 164 Å². The van der Waals surface area contributed by atoms with Crippen LogP contribution >= 0.6 is 0 Å². The Morgan fingerprint density at radius 3 is 1.00 bits per heavy atom. The molecule has 25 nitrogen and oxygen atoms in total. The molecule has 0 fully saturated rings. The molecule has 0 aliphatic heterocycles. The fraction of sp³-hybridized carbons (Fsp3) is 0.341. The van der Waals surface area contributed by atoms with Crippen LogP contribution in [0.5, 0.6) is 0 Å². The van der Waals surface area contributed by atoms with Gasteiger partial charge in [-0.15, -0.1) is 0 Å². The lowest BCUT2D eigenvalue weighted by Crippen LogP contribution is -2.30. The molecule has 0 unspecified atom stereocenters. The topological polar surface area (TPSA) is 269 Å². The molecule has 0 aromatic carbocycles. The number of imidazole rings is 8. The van der Waals surface area contributed by atoms with Crippen LogP contribution in [0, 0.1) is 0 Å². The van der Waals surface area contributed by atoms with Crippen LogP contribution in [0.25, 0.3) is 0 Å². The molecule has 3 amide bonds. The van der Waals surface area contributed by atoms with Crippen LogP contribution in [0.1, 0.15) is 53.4 Å². The van der Waals surface area contributed by atoms with E-state index in [4.69, 9.17) is 0 Å². The zero-order valence-corrected chi connectivity index (χ0v) is 40.2. The minimum absolute atomic E-state index is 0.0330. The monoisotopic (exact) mass is 953 g/mol. The van der Waals surface area contributed by atoms with Crippen LogP contribution in [0.15, 0.2) is 150 Å². The SMILES string of the molecule is CCCN(C)C(=O)n1ccnc1.CCCN(C)C(=O)n1ccnc1.CCCNC.CCCNC(=O)n1ccnc1.O=C(n1ccnc1)n1ccnc1.O=C(n1ccnc1)n1ccnc1.c1c[nH]cn1. The second-order valence-corrected chi connectivity index (χ2v) is 13.9. The van der Waals surface area contributed by atoms with Gasteiger partial charge >= 0.3 is 30.2 Å². The number of carbonyl (C=O) groups is 5. The van der Waals surface area contributed by atoms with Gasteiger partial charge in [0, 0.05) is 133 Å². The molecule has 0 saturated heterocycles. The second-order valence-electron chi connectivity index (χ2n) is 13.9. The van der Waals surface area contributed by atoms with Gasteiger partial charge in [-0.3, -0.25) is 32.0 Å². The number of hydrogen-bond donors (Lipinski definition) is 3. The number of aromatic nitrogens is 16. The number of nitrogens with one attached hydrogen (secondary N) is 3. The largest absolute Gasteiger partial charge is 0.351 e. The first-order valence-corrected chi connectivity index (χ1v) is 21.8. The Morgan fingerprint density at radius 2 is 0.783 bits per heavy atom. The Balaban J connectivity index is 0.000000282. The molecule has 0 aliphatic rings. The van der Waals surface area contributed by atoms with Gasteiger partial charge in [-0.25, -0.2) is 63.8 Å². The van der Waals surface area contributed by atoms with Crippen molar-refractivity contribution >= 4 is 30.2 Å². The summed E-state index contributed by atoms with van der Waals surface area (Å²) in [7, 11) is 5.53. The summed E-state index contributed by atoms with van der Waals surface area (Å²) < 4.78 is 9.85. The van der Waals surface area contributed by atoms with E-state index in [0.29, 0.717) is 6.54 Å². The first-order chi connectivity index (χ1) is 33.5. The number of hydrogen-bond acceptors (Lipinski definition) is 14. The molecule has 0 atom stereocenters. The van der Waals surface area contributed by atoms with Gasteiger partial charge in [0.05, 0.1) is 6.33 Å². The van der Waals surface area contributed by atoms with E-state index in [1.807, 2.05) is 27.8 Å². The minimum atomic E-state index is -0.190. The highest BCUT2D eigenvalue weighted by atomic mass is 16.2. The maximum absolute atomic E-state index is 11.4. The Labute approximate surface area is 400 Å². The molecule has 3 N–H and O–H groups in total. The Kier molecular flexibility index (Phi) is 28.4. The highest BCUT2D eigenvalue weighted by molar-refractivity contribution is 5.79. The molecule has 0 radical (unpaired) electrons. The number of aromatic amines is 1. The summed E-state index contributed by atoms with van der Waals surface area (Å²) in [4.78, 5) is 92.9. The van der Waals surface area contributed by atoms with Crippen molar-refractivity contribution in [3.63, 3.8) is 0 Å². The third-order valence-electron chi connectivity index (χ3n) is 8.29. The standard InChI is InChI=1S/2C8H13N3O.2C7H6N4O.C7H11N3O.C4H11N.C3H4N2/c2*1-3-5-10(2)8(12)11-6-4-9-7-11;2*12-7(10-3-1-8-5-10)11-4-2-9-6-11;1-2-3-9-7(11)10-5-4-8-6-10;1-3-4-5-2;1-2-5-3-4-1/h2*4,6-7H,3,5H2,1-2H3;2*1-6H;4-6H,2-3H2,1H3,(H,9,11);5H,3-4H2,1-2H3;1-3H,(H,4,5). The molecule has 69 heavy (non-hydrogen) atoms. The number of H-pyrrole nitrogens is 1. The normalized spacial score (nSPS) is 9.61. The summed E-state index contributed by atoms with van der Waals surface area (Å²) in [6, 6.07) is -0.567. The molecular weight excluding hydrogens is 889 g/mol. The Bertz CT molecular complexity index is 2190. The summed E-state index contributed by atoms with van der Waals surface area (Å²) in [6.07, 6.45) is 41.7. The molecule has 8 rings (SSSR count). The fourth-order valence-electron chi connectivity index (χ4n) is 4.92. The zero-order valence-electron chi connectivity index (χ0n) is 40.2. The van der Waals surface area contributed by atoms with Gasteiger partial charge in [-0.2, -0.15) is 0 Å². The third-order valence-corrected chi connectivity index (χ3v) is 8.29. The molecule has 0 spiro atoms. The quantitative estimate of drug-likeness (QED) is 0.171. The molecule has 25 heteroatoms. The van der Waals surface area contributed by atoms with Crippen molar-refractivity contribution in [2.24, 2.45) is 0 Å². The molecule has 0 aliphatic carbocycles. The molecule has 8 aromatic heterocycles. The Hall–Kier alpha value is -8.61. The van der Waals surface area contributed by atoms with Gasteiger partial charge in [0.25, 0.3) is 0 Å². The van der Waals surface area contributed by atoms with Crippen LogP contribution < -0.4 is 10.6 Å². The summed E-state index contributed by atoms with van der Waals surface area (Å²) in [6.45, 7) is 11.6. The third kappa shape index (κ3) is 22.4. The first-order valence-electron chi connectivity index (χ1n) is 21.8. The van der Waals surface area contributed by atoms with E-state index >= 15 is 0 Å². The lowest BCUT2D eigenvalue weighted by atomic mass is 10.4. The van der Waals surface area contributed by atoms with Crippen molar-refractivity contribution in [2.75, 3.05) is 47.3 Å². The number of amides is 3. The molecule has 370 valence electrons. The van der Waals surface area contributed by atoms with E-state index in [2.05, 4.69) is 62.4 Å². The minimum Gasteiger partial charge on any atom is -0.351 e. The summed E-state index contributed by atoms with van der Waals surface area (Å²) >= 11 is 0. The number of carbonyl (C=O) groups excluding carboxylic acids is 5.